The van der Waals surface area contributed by atoms with Crippen LogP contribution in [0, 0.1) is 0 Å². The van der Waals surface area contributed by atoms with Crippen molar-refractivity contribution in [3.8, 4) is 5.75 Å². The molecule has 0 unspecified atom stereocenters. The standard InChI is InChI=1S/C17H14BrNO4/c1-23-14-4-2-3-11(9-14)15(20)10-16(21)17(22)19-13-7-5-12(18)6-8-13/h2-10,20H,1H3,(H,19,22). The van der Waals surface area contributed by atoms with E-state index < -0.39 is 11.7 Å². The van der Waals surface area contributed by atoms with Crippen molar-refractivity contribution in [2.75, 3.05) is 12.4 Å². The summed E-state index contributed by atoms with van der Waals surface area (Å²) < 4.78 is 5.90. The van der Waals surface area contributed by atoms with E-state index in [9.17, 15) is 14.7 Å². The zero-order valence-corrected chi connectivity index (χ0v) is 13.8. The molecule has 0 aliphatic heterocycles. The predicted molar refractivity (Wildman–Crippen MR) is 91.4 cm³/mol. The Morgan fingerprint density at radius 1 is 1.17 bits per heavy atom. The third-order valence-corrected chi connectivity index (χ3v) is 3.49. The number of benzene rings is 2. The fourth-order valence-electron chi connectivity index (χ4n) is 1.78. The minimum Gasteiger partial charge on any atom is -0.507 e. The highest BCUT2D eigenvalue weighted by Crippen LogP contribution is 2.18. The summed E-state index contributed by atoms with van der Waals surface area (Å²) in [5.41, 5.74) is 0.870. The molecule has 0 heterocycles. The van der Waals surface area contributed by atoms with Gasteiger partial charge in [-0.3, -0.25) is 9.59 Å². The number of hydrogen-bond donors (Lipinski definition) is 2. The summed E-state index contributed by atoms with van der Waals surface area (Å²) in [7, 11) is 1.50. The molecule has 2 rings (SSSR count). The van der Waals surface area contributed by atoms with E-state index in [1.165, 1.54) is 7.11 Å². The molecule has 0 spiro atoms. The third-order valence-electron chi connectivity index (χ3n) is 2.96. The van der Waals surface area contributed by atoms with Crippen LogP contribution in [0.15, 0.2) is 59.1 Å². The van der Waals surface area contributed by atoms with Crippen LogP contribution in [0.25, 0.3) is 5.76 Å². The van der Waals surface area contributed by atoms with E-state index in [0.29, 0.717) is 17.0 Å². The zero-order chi connectivity index (χ0) is 16.8. The second-order valence-electron chi connectivity index (χ2n) is 4.59. The lowest BCUT2D eigenvalue weighted by Gasteiger charge is -2.05. The van der Waals surface area contributed by atoms with Crippen molar-refractivity contribution in [3.63, 3.8) is 0 Å². The number of amides is 1. The summed E-state index contributed by atoms with van der Waals surface area (Å²) in [4.78, 5) is 23.7. The predicted octanol–water partition coefficient (Wildman–Crippen LogP) is 3.56. The van der Waals surface area contributed by atoms with Gasteiger partial charge in [0.2, 0.25) is 5.78 Å². The van der Waals surface area contributed by atoms with Gasteiger partial charge in [-0.25, -0.2) is 0 Å². The molecule has 5 nitrogen and oxygen atoms in total. The molecule has 0 fully saturated rings. The molecule has 0 saturated carbocycles. The molecule has 1 amide bonds. The number of halogens is 1. The number of methoxy groups -OCH3 is 1. The van der Waals surface area contributed by atoms with Crippen LogP contribution in [0.4, 0.5) is 5.69 Å². The summed E-state index contributed by atoms with van der Waals surface area (Å²) in [5.74, 6) is -1.45. The van der Waals surface area contributed by atoms with Gasteiger partial charge in [-0.1, -0.05) is 28.1 Å². The number of carbonyl (C=O) groups excluding carboxylic acids is 2. The lowest BCUT2D eigenvalue weighted by molar-refractivity contribution is -0.131. The topological polar surface area (TPSA) is 75.6 Å². The fourth-order valence-corrected chi connectivity index (χ4v) is 2.05. The summed E-state index contributed by atoms with van der Waals surface area (Å²) in [6, 6.07) is 13.3. The van der Waals surface area contributed by atoms with Crippen molar-refractivity contribution in [2.24, 2.45) is 0 Å². The molecule has 23 heavy (non-hydrogen) atoms. The zero-order valence-electron chi connectivity index (χ0n) is 12.2. The Bertz CT molecular complexity index is 753. The van der Waals surface area contributed by atoms with Crippen LogP contribution in [-0.2, 0) is 9.59 Å². The Morgan fingerprint density at radius 2 is 1.87 bits per heavy atom. The highest BCUT2D eigenvalue weighted by Gasteiger charge is 2.13. The van der Waals surface area contributed by atoms with E-state index in [-0.39, 0.29) is 5.76 Å². The van der Waals surface area contributed by atoms with Gasteiger partial charge in [0.1, 0.15) is 11.5 Å². The van der Waals surface area contributed by atoms with E-state index >= 15 is 0 Å². The smallest absolute Gasteiger partial charge is 0.296 e. The Balaban J connectivity index is 2.09. The Morgan fingerprint density at radius 3 is 2.52 bits per heavy atom. The maximum absolute atomic E-state index is 11.9. The first-order valence-electron chi connectivity index (χ1n) is 6.65. The molecule has 6 heteroatoms. The fraction of sp³-hybridized carbons (Fsp3) is 0.0588. The van der Waals surface area contributed by atoms with Crippen LogP contribution in [0.3, 0.4) is 0 Å². The van der Waals surface area contributed by atoms with Crippen molar-refractivity contribution in [1.29, 1.82) is 0 Å². The van der Waals surface area contributed by atoms with Gasteiger partial charge in [-0.2, -0.15) is 0 Å². The number of rotatable bonds is 5. The molecule has 0 aromatic heterocycles. The normalized spacial score (nSPS) is 11.0. The van der Waals surface area contributed by atoms with Crippen LogP contribution in [0.1, 0.15) is 5.56 Å². The molecule has 2 aromatic carbocycles. The van der Waals surface area contributed by atoms with Crippen LogP contribution in [0.5, 0.6) is 5.75 Å². The van der Waals surface area contributed by atoms with Gasteiger partial charge in [0.25, 0.3) is 5.91 Å². The van der Waals surface area contributed by atoms with E-state index in [0.717, 1.165) is 10.5 Å². The van der Waals surface area contributed by atoms with Crippen molar-refractivity contribution >= 4 is 39.1 Å². The van der Waals surface area contributed by atoms with Crippen LogP contribution in [-0.4, -0.2) is 23.9 Å². The lowest BCUT2D eigenvalue weighted by Crippen LogP contribution is -2.21. The first-order valence-corrected chi connectivity index (χ1v) is 7.45. The minimum atomic E-state index is -0.853. The van der Waals surface area contributed by atoms with E-state index in [2.05, 4.69) is 21.2 Å². The molecule has 0 aliphatic rings. The SMILES string of the molecule is COc1cccc(C(O)=CC(=O)C(=O)Nc2ccc(Br)cc2)c1. The first kappa shape index (κ1) is 16.8. The summed E-state index contributed by atoms with van der Waals surface area (Å²) >= 11 is 3.28. The van der Waals surface area contributed by atoms with Gasteiger partial charge in [0.15, 0.2) is 0 Å². The summed E-state index contributed by atoms with van der Waals surface area (Å²) in [6.45, 7) is 0. The molecule has 2 aromatic rings. The van der Waals surface area contributed by atoms with E-state index in [1.807, 2.05) is 0 Å². The maximum atomic E-state index is 11.9. The van der Waals surface area contributed by atoms with E-state index in [4.69, 9.17) is 4.74 Å². The maximum Gasteiger partial charge on any atom is 0.296 e. The largest absolute Gasteiger partial charge is 0.507 e. The number of aliphatic hydroxyl groups is 1. The lowest BCUT2D eigenvalue weighted by atomic mass is 10.1. The van der Waals surface area contributed by atoms with Gasteiger partial charge in [0.05, 0.1) is 7.11 Å². The highest BCUT2D eigenvalue weighted by atomic mass is 79.9. The second kappa shape index (κ2) is 7.60. The minimum absolute atomic E-state index is 0.306. The third kappa shape index (κ3) is 4.69. The second-order valence-corrected chi connectivity index (χ2v) is 5.50. The Kier molecular flexibility index (Phi) is 5.54. The molecule has 118 valence electrons. The van der Waals surface area contributed by atoms with Crippen LogP contribution in [0.2, 0.25) is 0 Å². The van der Waals surface area contributed by atoms with Crippen molar-refractivity contribution in [3.05, 3.63) is 64.6 Å². The number of hydrogen-bond acceptors (Lipinski definition) is 4. The quantitative estimate of drug-likeness (QED) is 0.475. The van der Waals surface area contributed by atoms with Crippen LogP contribution >= 0.6 is 15.9 Å². The number of ketones is 1. The van der Waals surface area contributed by atoms with Gasteiger partial charge in [-0.05, 0) is 36.4 Å². The molecule has 0 bridgehead atoms. The Hall–Kier alpha value is -2.60. The number of anilines is 1. The first-order chi connectivity index (χ1) is 11.0. The van der Waals surface area contributed by atoms with Crippen molar-refractivity contribution in [1.82, 2.24) is 0 Å². The molecule has 0 atom stereocenters. The number of ether oxygens (including phenoxy) is 1. The van der Waals surface area contributed by atoms with E-state index in [1.54, 1.807) is 48.5 Å². The number of carbonyl (C=O) groups is 2. The van der Waals surface area contributed by atoms with Gasteiger partial charge < -0.3 is 15.2 Å². The molecule has 0 radical (unpaired) electrons. The molecule has 0 aliphatic carbocycles. The average molecular weight is 376 g/mol. The highest BCUT2D eigenvalue weighted by molar-refractivity contribution is 9.10. The Labute approximate surface area is 141 Å². The molecular weight excluding hydrogens is 362 g/mol. The van der Waals surface area contributed by atoms with Gasteiger partial charge in [-0.15, -0.1) is 0 Å². The molecule has 0 saturated heterocycles. The number of aliphatic hydroxyl groups excluding tert-OH is 1. The summed E-state index contributed by atoms with van der Waals surface area (Å²) in [5, 5.41) is 12.4. The van der Waals surface area contributed by atoms with Gasteiger partial charge in [0, 0.05) is 21.8 Å². The van der Waals surface area contributed by atoms with Crippen molar-refractivity contribution < 1.29 is 19.4 Å². The average Bonchev–Trinajstić information content (AvgIpc) is 2.56. The van der Waals surface area contributed by atoms with Crippen molar-refractivity contribution in [2.45, 2.75) is 0 Å². The monoisotopic (exact) mass is 375 g/mol. The molecular formula is C17H14BrNO4. The number of nitrogens with one attached hydrogen (secondary N) is 1. The van der Waals surface area contributed by atoms with Crippen LogP contribution < -0.4 is 10.1 Å². The molecule has 2 N–H and O–H groups in total. The van der Waals surface area contributed by atoms with Gasteiger partial charge >= 0.3 is 0 Å². The summed E-state index contributed by atoms with van der Waals surface area (Å²) in [6.07, 6.45) is 0.878.